The van der Waals surface area contributed by atoms with E-state index in [0.717, 1.165) is 70.3 Å². The lowest BCUT2D eigenvalue weighted by atomic mass is 9.62. The summed E-state index contributed by atoms with van der Waals surface area (Å²) in [7, 11) is 5.79. The standard InChI is InChI=1S/C15H19F9OSi.C12H11F9O.C11H10F6O.C10H10BF3O.C5H6BF3O.C5H6/c1-11(13(16,17)18)9-6-5-8(7-9)10(11)12(14(19,20)21,15(22,23)24)25-26(2,3)4;1-8(10(13,14)15)6-3-2-5(4-6)7(8)9(22,11(16,17)18)12(19,20)21;1-9(11(15,16)17)6-3-2-5(4-6)7(9)8(18)10(12,13)14;1-9(10(12,13)14)6-3-2-5(4-6)7(9)8(11)15;1-4(2-3-10-6)5(7,8)9;1-2-4-5-3-1/h5-6,8-10H,7H2,1-4H3;2-3,5-7,22H,4H2,1H3;2-3,5-7H,4H2,1H3;2-3,5-7H,4H2,1H3;2H,3H2,1H3;1-4H,5H2/b;;;;4-2-;/i10D;3*7D;2D;. The number of rotatable bonds is 8. The number of carbonyl (C=O) groups excluding carboxylic acids is 2. The second kappa shape index (κ2) is 27.2. The molecule has 0 saturated heterocycles. The fourth-order valence-corrected chi connectivity index (χ4v) is 14.9. The summed E-state index contributed by atoms with van der Waals surface area (Å²) in [6, 6.07) is -0.653. The molecule has 16 atom stereocenters. The minimum absolute atomic E-state index is 0.136. The third-order valence-electron chi connectivity index (χ3n) is 18.5. The minimum atomic E-state index is -6.50. The van der Waals surface area contributed by atoms with Gasteiger partial charge in [0.15, 0.2) is 16.2 Å². The molecule has 4 fully saturated rings. The van der Waals surface area contributed by atoms with Crippen molar-refractivity contribution in [3.8, 4) is 0 Å². The highest BCUT2D eigenvalue weighted by molar-refractivity contribution is 6.69. The number of hydrogen-bond acceptors (Lipinski definition) is 5. The van der Waals surface area contributed by atoms with Gasteiger partial charge in [0, 0.05) is 41.2 Å². The van der Waals surface area contributed by atoms with Crippen LogP contribution >= 0.6 is 0 Å². The Hall–Kier alpha value is -4.35. The van der Waals surface area contributed by atoms with E-state index >= 15 is 0 Å². The third-order valence-corrected chi connectivity index (χ3v) is 19.4. The van der Waals surface area contributed by atoms with Crippen molar-refractivity contribution in [3.63, 3.8) is 0 Å². The molecule has 4 saturated carbocycles. The molecule has 0 aromatic heterocycles. The van der Waals surface area contributed by atoms with E-state index in [9.17, 15) is 146 Å². The summed E-state index contributed by atoms with van der Waals surface area (Å²) < 4.78 is 443. The van der Waals surface area contributed by atoms with Crippen molar-refractivity contribution < 1.29 is 162 Å². The van der Waals surface area contributed by atoms with Crippen molar-refractivity contribution in [1.29, 1.82) is 0 Å². The summed E-state index contributed by atoms with van der Waals surface area (Å²) in [6.45, 7) is 5.19. The van der Waals surface area contributed by atoms with Crippen molar-refractivity contribution in [2.75, 3.05) is 6.61 Å². The Balaban J connectivity index is 0.000000269. The molecular formula is C58H62B2F30O5Si. The summed E-state index contributed by atoms with van der Waals surface area (Å²) >= 11 is 0. The highest BCUT2D eigenvalue weighted by Gasteiger charge is 2.86. The maximum absolute atomic E-state index is 14.0. The van der Waals surface area contributed by atoms with Crippen LogP contribution in [0.5, 0.6) is 0 Å². The van der Waals surface area contributed by atoms with Gasteiger partial charge in [-0.25, -0.2) is 0 Å². The van der Waals surface area contributed by atoms with Crippen molar-refractivity contribution >= 4 is 35.7 Å². The van der Waals surface area contributed by atoms with E-state index in [1.807, 2.05) is 0 Å². The lowest BCUT2D eigenvalue weighted by Gasteiger charge is -2.52. The van der Waals surface area contributed by atoms with E-state index in [4.69, 9.17) is 14.7 Å². The molecule has 9 aliphatic carbocycles. The number of alkyl halides is 30. The predicted molar refractivity (Wildman–Crippen MR) is 286 cm³/mol. The van der Waals surface area contributed by atoms with Crippen LogP contribution in [0.1, 0.15) is 73.6 Å². The maximum Gasteiger partial charge on any atom is 0.450 e. The van der Waals surface area contributed by atoms with Crippen LogP contribution in [0.4, 0.5) is 132 Å². The molecule has 0 heterocycles. The molecule has 544 valence electrons. The third kappa shape index (κ3) is 15.3. The van der Waals surface area contributed by atoms with E-state index in [1.54, 1.807) is 0 Å². The number of fused-ring (bicyclic) bond motifs is 8. The fourth-order valence-electron chi connectivity index (χ4n) is 13.6. The Bertz CT molecular complexity index is 3230. The Morgan fingerprint density at radius 2 is 0.823 bits per heavy atom. The number of halogens is 30. The molecule has 9 rings (SSSR count). The zero-order valence-corrected chi connectivity index (χ0v) is 51.9. The van der Waals surface area contributed by atoms with E-state index < -0.39 is 216 Å². The fraction of sp³-hybridized carbons (Fsp3) is 0.724. The molecule has 4 radical (unpaired) electrons. The molecule has 1 N–H and O–H groups in total. The smallest absolute Gasteiger partial charge is 0.444 e. The average molecular weight is 1460 g/mol. The quantitative estimate of drug-likeness (QED) is 0.149. The van der Waals surface area contributed by atoms with Gasteiger partial charge in [-0.05, 0) is 134 Å². The highest BCUT2D eigenvalue weighted by Crippen LogP contribution is 2.73. The van der Waals surface area contributed by atoms with Gasteiger partial charge < -0.3 is 19.0 Å². The molecular weight excluding hydrogens is 1400 g/mol. The number of aliphatic hydroxyl groups is 1. The first kappa shape index (κ1) is 75.8. The lowest BCUT2D eigenvalue weighted by Crippen LogP contribution is -2.71. The molecule has 0 spiro atoms. The molecule has 0 aromatic rings. The number of ketones is 1. The van der Waals surface area contributed by atoms with Crippen LogP contribution in [-0.4, -0.2) is 120 Å². The summed E-state index contributed by atoms with van der Waals surface area (Å²) in [6.07, 6.45) is -39.4. The van der Waals surface area contributed by atoms with Gasteiger partial charge in [0.2, 0.25) is 5.78 Å². The molecule has 5 nitrogen and oxygen atoms in total. The van der Waals surface area contributed by atoms with Gasteiger partial charge in [-0.15, -0.1) is 0 Å². The molecule has 16 unspecified atom stereocenters. The van der Waals surface area contributed by atoms with Crippen LogP contribution in [0.15, 0.2) is 84.5 Å². The minimum Gasteiger partial charge on any atom is -0.444 e. The van der Waals surface area contributed by atoms with E-state index in [1.165, 1.54) is 12.2 Å². The average Bonchev–Trinajstić information content (AvgIpc) is 1.58. The summed E-state index contributed by atoms with van der Waals surface area (Å²) in [5, 5.41) is 9.49. The molecule has 9 aliphatic rings. The topological polar surface area (TPSA) is 72.8 Å². The van der Waals surface area contributed by atoms with Crippen molar-refractivity contribution in [1.82, 2.24) is 0 Å². The van der Waals surface area contributed by atoms with Crippen LogP contribution in [-0.2, 0) is 18.7 Å². The second-order valence-electron chi connectivity index (χ2n) is 25.3. The first-order chi connectivity index (χ1) is 44.5. The first-order valence-corrected chi connectivity index (χ1v) is 31.4. The number of carbonyl (C=O) groups is 2. The van der Waals surface area contributed by atoms with E-state index in [0.29, 0.717) is 13.0 Å². The molecule has 0 aliphatic heterocycles. The van der Waals surface area contributed by atoms with Crippen LogP contribution in [0.2, 0.25) is 19.6 Å². The maximum atomic E-state index is 14.0. The lowest BCUT2D eigenvalue weighted by molar-refractivity contribution is -0.407. The second-order valence-corrected chi connectivity index (χ2v) is 29.7. The van der Waals surface area contributed by atoms with Crippen molar-refractivity contribution in [2.45, 2.75) is 159 Å². The zero-order valence-electron chi connectivity index (χ0n) is 55.9. The Morgan fingerprint density at radius 1 is 0.510 bits per heavy atom. The van der Waals surface area contributed by atoms with E-state index in [-0.39, 0.29) is 26.7 Å². The van der Waals surface area contributed by atoms with Gasteiger partial charge in [-0.2, -0.15) is 132 Å². The van der Waals surface area contributed by atoms with Crippen molar-refractivity contribution in [3.05, 3.63) is 84.5 Å². The van der Waals surface area contributed by atoms with Gasteiger partial charge in [0.1, 0.15) is 0 Å². The zero-order chi connectivity index (χ0) is 79.6. The van der Waals surface area contributed by atoms with Gasteiger partial charge in [-0.1, -0.05) is 79.0 Å². The predicted octanol–water partition coefficient (Wildman–Crippen LogP) is 19.0. The summed E-state index contributed by atoms with van der Waals surface area (Å²) in [5.41, 5.74) is -25.9. The Labute approximate surface area is 540 Å². The number of Topliss-reactive ketones (excluding diaryl/α,β-unsaturated/α-hetero) is 1. The number of hydrogen-bond donors (Lipinski definition) is 1. The molecule has 96 heavy (non-hydrogen) atoms. The van der Waals surface area contributed by atoms with Gasteiger partial charge in [0.05, 0.1) is 28.7 Å². The molecule has 38 heteroatoms. The van der Waals surface area contributed by atoms with E-state index in [2.05, 4.69) is 41.4 Å². The number of allylic oxidation sites excluding steroid dienone is 13. The van der Waals surface area contributed by atoms with Gasteiger partial charge >= 0.3 is 61.8 Å². The molecule has 0 aromatic carbocycles. The highest BCUT2D eigenvalue weighted by atomic mass is 28.4. The largest absolute Gasteiger partial charge is 0.450 e. The summed E-state index contributed by atoms with van der Waals surface area (Å²) in [4.78, 5) is 22.7. The van der Waals surface area contributed by atoms with Crippen molar-refractivity contribution in [2.24, 2.45) is 92.6 Å². The Kier molecular flexibility index (Phi) is 21.5. The van der Waals surface area contributed by atoms with Gasteiger partial charge in [0.25, 0.3) is 19.3 Å². The van der Waals surface area contributed by atoms with Crippen LogP contribution < -0.4 is 0 Å². The summed E-state index contributed by atoms with van der Waals surface area (Å²) in [5.74, 6) is -28.0. The molecule has 8 bridgehead atoms. The van der Waals surface area contributed by atoms with Crippen LogP contribution in [0.3, 0.4) is 0 Å². The van der Waals surface area contributed by atoms with Gasteiger partial charge in [-0.3, -0.25) is 4.79 Å². The van der Waals surface area contributed by atoms with Crippen LogP contribution in [0, 0.1) is 92.6 Å². The molecule has 0 amide bonds. The first-order valence-electron chi connectivity index (χ1n) is 30.5. The SMILES string of the molecule is C1=CCC=C1.[2H]/C(CO[B])=C(\C)C(F)(F)F.[2H]C1(C(=O)C(F)(F)F)C2C=CC(C2)C1(C)C(F)(F)F.[2H]C1(C(O)(C(F)(F)F)C(F)(F)F)C2C=CC(C2)C1(C)C(F)(F)F.[2H]C1(C(O[Si](C)(C)C)(C(F)(F)F)C(F)(F)F)C2C=CC(C2)C1(C)C(F)(F)F.[2H]C1(C([B])=O)C2C=CC(C2)C1(C)C(F)(F)F. The van der Waals surface area contributed by atoms with Crippen LogP contribution in [0.25, 0.3) is 0 Å². The normalized spacial score (nSPS) is 37.8. The Morgan fingerprint density at radius 3 is 1.09 bits per heavy atom. The monoisotopic (exact) mass is 1460 g/mol.